The van der Waals surface area contributed by atoms with Gasteiger partial charge in [0.05, 0.1) is 4.90 Å². The maximum absolute atomic E-state index is 12.5. The summed E-state index contributed by atoms with van der Waals surface area (Å²) < 4.78 is 33.1. The molecule has 0 aromatic heterocycles. The van der Waals surface area contributed by atoms with Crippen LogP contribution in [0.5, 0.6) is 5.75 Å². The molecule has 0 aliphatic carbocycles. The molecule has 1 amide bonds. The Morgan fingerprint density at radius 3 is 2.03 bits per heavy atom. The number of rotatable bonds is 7. The predicted octanol–water partition coefficient (Wildman–Crippen LogP) is 3.22. The van der Waals surface area contributed by atoms with E-state index in [9.17, 15) is 13.2 Å². The molecule has 0 spiro atoms. The second-order valence-corrected chi connectivity index (χ2v) is 9.12. The lowest BCUT2D eigenvalue weighted by Gasteiger charge is -2.36. The van der Waals surface area contributed by atoms with Crippen molar-refractivity contribution < 1.29 is 17.9 Å². The van der Waals surface area contributed by atoms with Crippen LogP contribution in [0.3, 0.4) is 0 Å². The third-order valence-electron chi connectivity index (χ3n) is 5.28. The van der Waals surface area contributed by atoms with Crippen LogP contribution in [-0.2, 0) is 14.8 Å². The molecule has 4 rings (SSSR count). The first-order valence-electron chi connectivity index (χ1n) is 10.4. The van der Waals surface area contributed by atoms with E-state index in [0.717, 1.165) is 18.8 Å². The summed E-state index contributed by atoms with van der Waals surface area (Å²) in [6, 6.07) is 24.9. The van der Waals surface area contributed by atoms with E-state index in [-0.39, 0.29) is 17.4 Å². The standard InChI is InChI=1S/C24H25N3O4S/c28-24(27-17-15-26(16-18-27)21-9-5-2-6-10-21)19-31-22-11-13-23(14-12-22)32(29,30)25-20-7-3-1-4-8-20/h1-14,25H,15-19H2. The molecule has 0 bridgehead atoms. The van der Waals surface area contributed by atoms with Gasteiger partial charge in [0.1, 0.15) is 5.75 Å². The molecule has 1 aliphatic heterocycles. The number of carbonyl (C=O) groups is 1. The minimum absolute atomic E-state index is 0.0832. The topological polar surface area (TPSA) is 78.9 Å². The first kappa shape index (κ1) is 21.7. The zero-order chi connectivity index (χ0) is 22.4. The van der Waals surface area contributed by atoms with Gasteiger partial charge in [-0.25, -0.2) is 8.42 Å². The molecule has 32 heavy (non-hydrogen) atoms. The Morgan fingerprint density at radius 2 is 1.41 bits per heavy atom. The number of anilines is 2. The van der Waals surface area contributed by atoms with E-state index in [1.54, 1.807) is 41.3 Å². The molecule has 1 saturated heterocycles. The maximum atomic E-state index is 12.5. The predicted molar refractivity (Wildman–Crippen MR) is 124 cm³/mol. The lowest BCUT2D eigenvalue weighted by molar-refractivity contribution is -0.133. The van der Waals surface area contributed by atoms with E-state index in [1.807, 2.05) is 24.3 Å². The van der Waals surface area contributed by atoms with Gasteiger partial charge in [0.25, 0.3) is 15.9 Å². The first-order valence-corrected chi connectivity index (χ1v) is 11.9. The van der Waals surface area contributed by atoms with E-state index in [0.29, 0.717) is 24.5 Å². The maximum Gasteiger partial charge on any atom is 0.261 e. The van der Waals surface area contributed by atoms with Crippen LogP contribution in [-0.4, -0.2) is 52.0 Å². The van der Waals surface area contributed by atoms with Gasteiger partial charge < -0.3 is 14.5 Å². The summed E-state index contributed by atoms with van der Waals surface area (Å²) in [5.41, 5.74) is 1.65. The number of nitrogens with one attached hydrogen (secondary N) is 1. The molecule has 0 radical (unpaired) electrons. The van der Waals surface area contributed by atoms with Crippen LogP contribution < -0.4 is 14.4 Å². The molecule has 0 unspecified atom stereocenters. The summed E-state index contributed by atoms with van der Waals surface area (Å²) >= 11 is 0. The molecule has 7 nitrogen and oxygen atoms in total. The van der Waals surface area contributed by atoms with Crippen LogP contribution in [0.1, 0.15) is 0 Å². The van der Waals surface area contributed by atoms with E-state index in [1.165, 1.54) is 12.1 Å². The van der Waals surface area contributed by atoms with Crippen LogP contribution in [0.15, 0.2) is 89.8 Å². The highest BCUT2D eigenvalue weighted by Gasteiger charge is 2.21. The number of ether oxygens (including phenoxy) is 1. The normalized spacial score (nSPS) is 14.1. The number of piperazine rings is 1. The Kier molecular flexibility index (Phi) is 6.61. The highest BCUT2D eigenvalue weighted by molar-refractivity contribution is 7.92. The molecule has 1 fully saturated rings. The Balaban J connectivity index is 1.27. The highest BCUT2D eigenvalue weighted by Crippen LogP contribution is 2.20. The second-order valence-electron chi connectivity index (χ2n) is 7.43. The fourth-order valence-electron chi connectivity index (χ4n) is 3.52. The number of nitrogens with zero attached hydrogens (tertiary/aromatic N) is 2. The quantitative estimate of drug-likeness (QED) is 0.597. The molecule has 0 atom stereocenters. The number of benzene rings is 3. The van der Waals surface area contributed by atoms with Crippen molar-refractivity contribution in [2.75, 3.05) is 42.4 Å². The number of hydrogen-bond acceptors (Lipinski definition) is 5. The summed E-state index contributed by atoms with van der Waals surface area (Å²) in [7, 11) is -3.69. The van der Waals surface area contributed by atoms with Crippen LogP contribution in [0.2, 0.25) is 0 Å². The van der Waals surface area contributed by atoms with Gasteiger partial charge in [0, 0.05) is 37.6 Å². The van der Waals surface area contributed by atoms with Gasteiger partial charge in [-0.15, -0.1) is 0 Å². The summed E-state index contributed by atoms with van der Waals surface area (Å²) in [6.45, 7) is 2.74. The van der Waals surface area contributed by atoms with Crippen molar-refractivity contribution >= 4 is 27.3 Å². The number of carbonyl (C=O) groups excluding carboxylic acids is 1. The minimum atomic E-state index is -3.69. The van der Waals surface area contributed by atoms with Crippen LogP contribution in [0, 0.1) is 0 Å². The van der Waals surface area contributed by atoms with Crippen molar-refractivity contribution in [3.05, 3.63) is 84.9 Å². The van der Waals surface area contributed by atoms with E-state index < -0.39 is 10.0 Å². The van der Waals surface area contributed by atoms with Crippen molar-refractivity contribution in [2.24, 2.45) is 0 Å². The molecular weight excluding hydrogens is 426 g/mol. The van der Waals surface area contributed by atoms with Crippen molar-refractivity contribution in [1.82, 2.24) is 4.90 Å². The number of amides is 1. The number of hydrogen-bond donors (Lipinski definition) is 1. The summed E-state index contributed by atoms with van der Waals surface area (Å²) in [5.74, 6) is 0.361. The van der Waals surface area contributed by atoms with Crippen LogP contribution in [0.25, 0.3) is 0 Å². The second kappa shape index (κ2) is 9.74. The smallest absolute Gasteiger partial charge is 0.261 e. The largest absolute Gasteiger partial charge is 0.484 e. The SMILES string of the molecule is O=C(COc1ccc(S(=O)(=O)Nc2ccccc2)cc1)N1CCN(c2ccccc2)CC1. The molecule has 8 heteroatoms. The Labute approximate surface area is 188 Å². The van der Waals surface area contributed by atoms with Crippen LogP contribution in [0.4, 0.5) is 11.4 Å². The zero-order valence-corrected chi connectivity index (χ0v) is 18.4. The van der Waals surface area contributed by atoms with Gasteiger partial charge in [-0.2, -0.15) is 0 Å². The van der Waals surface area contributed by atoms with Crippen molar-refractivity contribution in [3.8, 4) is 5.75 Å². The molecule has 1 heterocycles. The molecule has 1 aliphatic rings. The average Bonchev–Trinajstić information content (AvgIpc) is 2.84. The third-order valence-corrected chi connectivity index (χ3v) is 6.67. The number of para-hydroxylation sites is 2. The Bertz CT molecular complexity index is 1130. The van der Waals surface area contributed by atoms with Gasteiger partial charge in [0.2, 0.25) is 0 Å². The summed E-state index contributed by atoms with van der Waals surface area (Å²) in [4.78, 5) is 16.7. The van der Waals surface area contributed by atoms with Gasteiger partial charge in [-0.1, -0.05) is 36.4 Å². The molecule has 166 valence electrons. The molecule has 1 N–H and O–H groups in total. The number of sulfonamides is 1. The fraction of sp³-hybridized carbons (Fsp3) is 0.208. The lowest BCUT2D eigenvalue weighted by Crippen LogP contribution is -2.50. The fourth-order valence-corrected chi connectivity index (χ4v) is 4.58. The van der Waals surface area contributed by atoms with Crippen molar-refractivity contribution in [2.45, 2.75) is 4.90 Å². The lowest BCUT2D eigenvalue weighted by atomic mass is 10.2. The highest BCUT2D eigenvalue weighted by atomic mass is 32.2. The summed E-state index contributed by atoms with van der Waals surface area (Å²) in [6.07, 6.45) is 0. The average molecular weight is 452 g/mol. The molecule has 0 saturated carbocycles. The van der Waals surface area contributed by atoms with Crippen molar-refractivity contribution in [1.29, 1.82) is 0 Å². The monoisotopic (exact) mass is 451 g/mol. The summed E-state index contributed by atoms with van der Waals surface area (Å²) in [5, 5.41) is 0. The van der Waals surface area contributed by atoms with Gasteiger partial charge in [-0.3, -0.25) is 9.52 Å². The molecular formula is C24H25N3O4S. The Hall–Kier alpha value is -3.52. The molecule has 3 aromatic rings. The van der Waals surface area contributed by atoms with E-state index in [2.05, 4.69) is 21.8 Å². The third kappa shape index (κ3) is 5.39. The van der Waals surface area contributed by atoms with Gasteiger partial charge in [0.15, 0.2) is 6.61 Å². The van der Waals surface area contributed by atoms with Crippen LogP contribution >= 0.6 is 0 Å². The zero-order valence-electron chi connectivity index (χ0n) is 17.6. The minimum Gasteiger partial charge on any atom is -0.484 e. The first-order chi connectivity index (χ1) is 15.5. The van der Waals surface area contributed by atoms with E-state index in [4.69, 9.17) is 4.74 Å². The Morgan fingerprint density at radius 1 is 0.812 bits per heavy atom. The van der Waals surface area contributed by atoms with Crippen molar-refractivity contribution in [3.63, 3.8) is 0 Å². The molecule has 3 aromatic carbocycles. The van der Waals surface area contributed by atoms with Gasteiger partial charge >= 0.3 is 0 Å². The van der Waals surface area contributed by atoms with Gasteiger partial charge in [-0.05, 0) is 48.5 Å². The van der Waals surface area contributed by atoms with E-state index >= 15 is 0 Å².